The van der Waals surface area contributed by atoms with Crippen LogP contribution in [0.15, 0.2) is 23.5 Å². The van der Waals surface area contributed by atoms with Crippen LogP contribution in [0.2, 0.25) is 0 Å². The second-order valence-electron chi connectivity index (χ2n) is 3.04. The van der Waals surface area contributed by atoms with Gasteiger partial charge in [0.2, 0.25) is 5.16 Å². The molecule has 0 fully saturated rings. The first-order chi connectivity index (χ1) is 7.25. The van der Waals surface area contributed by atoms with Gasteiger partial charge in [0.25, 0.3) is 0 Å². The molecular formula is C9H11N5S. The average molecular weight is 221 g/mol. The zero-order chi connectivity index (χ0) is 10.7. The molecule has 15 heavy (non-hydrogen) atoms. The first-order valence-electron chi connectivity index (χ1n) is 4.47. The van der Waals surface area contributed by atoms with E-state index >= 15 is 0 Å². The second-order valence-corrected chi connectivity index (χ2v) is 3.98. The molecule has 0 aromatic carbocycles. The summed E-state index contributed by atoms with van der Waals surface area (Å²) < 4.78 is 0. The summed E-state index contributed by atoms with van der Waals surface area (Å²) in [6.45, 7) is 1.87. The van der Waals surface area contributed by atoms with Gasteiger partial charge in [0.05, 0.1) is 0 Å². The highest BCUT2D eigenvalue weighted by Gasteiger charge is 2.03. The third-order valence-corrected chi connectivity index (χ3v) is 2.76. The fourth-order valence-corrected chi connectivity index (χ4v) is 1.94. The summed E-state index contributed by atoms with van der Waals surface area (Å²) in [6.07, 6.45) is 1.68. The van der Waals surface area contributed by atoms with Gasteiger partial charge in [-0.2, -0.15) is 0 Å². The lowest BCUT2D eigenvalue weighted by molar-refractivity contribution is 0.969. The number of hydrogen-bond donors (Lipinski definition) is 2. The van der Waals surface area contributed by atoms with Crippen LogP contribution in [0.3, 0.4) is 0 Å². The molecule has 0 radical (unpaired) electrons. The molecule has 0 atom stereocenters. The van der Waals surface area contributed by atoms with E-state index in [-0.39, 0.29) is 0 Å². The summed E-state index contributed by atoms with van der Waals surface area (Å²) >= 11 is 1.54. The van der Waals surface area contributed by atoms with Crippen molar-refractivity contribution in [2.75, 3.05) is 5.73 Å². The Bertz CT molecular complexity index is 453. The minimum Gasteiger partial charge on any atom is -0.383 e. The Balaban J connectivity index is 2.02. The number of aromatic amines is 1. The lowest BCUT2D eigenvalue weighted by Gasteiger charge is -2.00. The number of hydrogen-bond acceptors (Lipinski definition) is 5. The maximum absolute atomic E-state index is 5.72. The van der Waals surface area contributed by atoms with Gasteiger partial charge in [0.1, 0.15) is 11.6 Å². The predicted molar refractivity (Wildman–Crippen MR) is 59.3 cm³/mol. The Morgan fingerprint density at radius 3 is 3.07 bits per heavy atom. The standard InChI is InChI=1S/C9H11N5S/c1-6-12-9(14-13-6)15-5-7-3-2-4-11-8(7)10/h2-4H,5H2,1H3,(H2,10,11)(H,12,13,14). The van der Waals surface area contributed by atoms with E-state index < -0.39 is 0 Å². The normalized spacial score (nSPS) is 10.5. The molecule has 0 saturated heterocycles. The maximum atomic E-state index is 5.72. The zero-order valence-corrected chi connectivity index (χ0v) is 9.08. The molecule has 0 aliphatic carbocycles. The van der Waals surface area contributed by atoms with Gasteiger partial charge in [-0.25, -0.2) is 9.97 Å². The molecule has 2 aromatic rings. The molecule has 2 aromatic heterocycles. The number of aryl methyl sites for hydroxylation is 1. The van der Waals surface area contributed by atoms with E-state index in [1.165, 1.54) is 11.8 Å². The van der Waals surface area contributed by atoms with Crippen LogP contribution in [-0.4, -0.2) is 20.2 Å². The van der Waals surface area contributed by atoms with Crippen molar-refractivity contribution in [3.05, 3.63) is 29.7 Å². The molecule has 6 heteroatoms. The summed E-state index contributed by atoms with van der Waals surface area (Å²) in [5, 5.41) is 7.55. The van der Waals surface area contributed by atoms with Crippen molar-refractivity contribution in [1.29, 1.82) is 0 Å². The minimum absolute atomic E-state index is 0.567. The first-order valence-corrected chi connectivity index (χ1v) is 5.45. The number of H-pyrrole nitrogens is 1. The van der Waals surface area contributed by atoms with Crippen LogP contribution in [0.4, 0.5) is 5.82 Å². The van der Waals surface area contributed by atoms with E-state index in [2.05, 4.69) is 20.2 Å². The van der Waals surface area contributed by atoms with E-state index in [9.17, 15) is 0 Å². The summed E-state index contributed by atoms with van der Waals surface area (Å²) in [5.74, 6) is 2.12. The zero-order valence-electron chi connectivity index (χ0n) is 8.27. The van der Waals surface area contributed by atoms with Gasteiger partial charge >= 0.3 is 0 Å². The smallest absolute Gasteiger partial charge is 0.208 e. The summed E-state index contributed by atoms with van der Waals surface area (Å²) in [4.78, 5) is 8.20. The molecular weight excluding hydrogens is 210 g/mol. The van der Waals surface area contributed by atoms with Crippen molar-refractivity contribution in [3.63, 3.8) is 0 Å². The van der Waals surface area contributed by atoms with Crippen LogP contribution < -0.4 is 5.73 Å². The van der Waals surface area contributed by atoms with Crippen molar-refractivity contribution >= 4 is 17.6 Å². The largest absolute Gasteiger partial charge is 0.383 e. The van der Waals surface area contributed by atoms with Crippen LogP contribution in [-0.2, 0) is 5.75 Å². The van der Waals surface area contributed by atoms with E-state index in [0.717, 1.165) is 22.3 Å². The fraction of sp³-hybridized carbons (Fsp3) is 0.222. The number of pyridine rings is 1. The van der Waals surface area contributed by atoms with E-state index in [4.69, 9.17) is 5.73 Å². The van der Waals surface area contributed by atoms with Gasteiger partial charge in [-0.15, -0.1) is 5.10 Å². The number of rotatable bonds is 3. The Morgan fingerprint density at radius 2 is 2.40 bits per heavy atom. The highest BCUT2D eigenvalue weighted by atomic mass is 32.2. The number of thioether (sulfide) groups is 1. The third-order valence-electron chi connectivity index (χ3n) is 1.86. The Hall–Kier alpha value is -1.56. The number of nitrogens with one attached hydrogen (secondary N) is 1. The third kappa shape index (κ3) is 2.47. The minimum atomic E-state index is 0.567. The van der Waals surface area contributed by atoms with Gasteiger partial charge in [-0.3, -0.25) is 5.10 Å². The summed E-state index contributed by atoms with van der Waals surface area (Å²) in [7, 11) is 0. The molecule has 5 nitrogen and oxygen atoms in total. The fourth-order valence-electron chi connectivity index (χ4n) is 1.10. The van der Waals surface area contributed by atoms with Crippen molar-refractivity contribution < 1.29 is 0 Å². The predicted octanol–water partition coefficient (Wildman–Crippen LogP) is 1.38. The molecule has 0 bridgehead atoms. The number of aromatic nitrogens is 4. The van der Waals surface area contributed by atoms with E-state index in [1.807, 2.05) is 19.1 Å². The van der Waals surface area contributed by atoms with Crippen LogP contribution in [0.25, 0.3) is 0 Å². The summed E-state index contributed by atoms with van der Waals surface area (Å²) in [5.41, 5.74) is 6.72. The van der Waals surface area contributed by atoms with Crippen LogP contribution in [0, 0.1) is 6.92 Å². The molecule has 0 aliphatic heterocycles. The number of nitrogens with two attached hydrogens (primary N) is 1. The first kappa shape index (κ1) is 9.97. The number of nitrogen functional groups attached to an aromatic ring is 1. The second kappa shape index (κ2) is 4.31. The van der Waals surface area contributed by atoms with Gasteiger partial charge in [-0.05, 0) is 13.0 Å². The number of anilines is 1. The van der Waals surface area contributed by atoms with Crippen LogP contribution in [0.1, 0.15) is 11.4 Å². The molecule has 0 spiro atoms. The highest BCUT2D eigenvalue weighted by Crippen LogP contribution is 2.21. The topological polar surface area (TPSA) is 80.5 Å². The molecule has 0 unspecified atom stereocenters. The molecule has 0 aliphatic rings. The van der Waals surface area contributed by atoms with Crippen molar-refractivity contribution in [2.24, 2.45) is 0 Å². The highest BCUT2D eigenvalue weighted by molar-refractivity contribution is 7.98. The lowest BCUT2D eigenvalue weighted by atomic mass is 10.3. The van der Waals surface area contributed by atoms with E-state index in [1.54, 1.807) is 6.20 Å². The molecule has 3 N–H and O–H groups in total. The Labute approximate surface area is 91.5 Å². The van der Waals surface area contributed by atoms with Crippen LogP contribution in [0.5, 0.6) is 0 Å². The molecule has 78 valence electrons. The summed E-state index contributed by atoms with van der Waals surface area (Å²) in [6, 6.07) is 3.82. The molecule has 2 rings (SSSR count). The van der Waals surface area contributed by atoms with Crippen molar-refractivity contribution in [2.45, 2.75) is 17.8 Å². The maximum Gasteiger partial charge on any atom is 0.208 e. The van der Waals surface area contributed by atoms with Gasteiger partial charge in [0.15, 0.2) is 0 Å². The number of nitrogens with zero attached hydrogens (tertiary/aromatic N) is 3. The van der Waals surface area contributed by atoms with Gasteiger partial charge < -0.3 is 5.73 Å². The van der Waals surface area contributed by atoms with Crippen molar-refractivity contribution in [1.82, 2.24) is 20.2 Å². The quantitative estimate of drug-likeness (QED) is 0.765. The molecule has 2 heterocycles. The lowest BCUT2D eigenvalue weighted by Crippen LogP contribution is -1.95. The Morgan fingerprint density at radius 1 is 1.53 bits per heavy atom. The monoisotopic (exact) mass is 221 g/mol. The Kier molecular flexibility index (Phi) is 2.86. The van der Waals surface area contributed by atoms with Gasteiger partial charge in [0, 0.05) is 17.5 Å². The van der Waals surface area contributed by atoms with Crippen molar-refractivity contribution in [3.8, 4) is 0 Å². The van der Waals surface area contributed by atoms with E-state index in [0.29, 0.717) is 5.82 Å². The average Bonchev–Trinajstić information content (AvgIpc) is 2.63. The van der Waals surface area contributed by atoms with Gasteiger partial charge in [-0.1, -0.05) is 17.8 Å². The molecule has 0 amide bonds. The van der Waals surface area contributed by atoms with Crippen LogP contribution >= 0.6 is 11.8 Å². The molecule has 0 saturated carbocycles. The SMILES string of the molecule is Cc1nc(SCc2cccnc2N)n[nH]1.